The van der Waals surface area contributed by atoms with E-state index in [1.807, 2.05) is 30.1 Å². The fourth-order valence-electron chi connectivity index (χ4n) is 3.53. The Balaban J connectivity index is 1.41. The quantitative estimate of drug-likeness (QED) is 0.832. The SMILES string of the molecule is CC1CN(C(=O)CCN2CCN(c3ccccn3)CC2)CC(C)S1. The molecule has 1 aromatic rings. The molecule has 132 valence electrons. The van der Waals surface area contributed by atoms with E-state index in [1.54, 1.807) is 0 Å². The van der Waals surface area contributed by atoms with Crippen molar-refractivity contribution >= 4 is 23.5 Å². The standard InChI is InChI=1S/C18H28N4OS/c1-15-13-22(14-16(2)24-15)18(23)6-8-20-9-11-21(12-10-20)17-5-3-4-7-19-17/h3-5,7,15-16H,6,8-14H2,1-2H3. The van der Waals surface area contributed by atoms with E-state index >= 15 is 0 Å². The van der Waals surface area contributed by atoms with Crippen molar-refractivity contribution in [3.05, 3.63) is 24.4 Å². The predicted octanol–water partition coefficient (Wildman–Crippen LogP) is 1.95. The maximum absolute atomic E-state index is 12.5. The van der Waals surface area contributed by atoms with Crippen LogP contribution in [0.15, 0.2) is 24.4 Å². The van der Waals surface area contributed by atoms with Crippen molar-refractivity contribution < 1.29 is 4.79 Å². The van der Waals surface area contributed by atoms with Crippen LogP contribution in [0.1, 0.15) is 20.3 Å². The number of carbonyl (C=O) groups is 1. The minimum atomic E-state index is 0.321. The summed E-state index contributed by atoms with van der Waals surface area (Å²) in [5.74, 6) is 1.38. The Morgan fingerprint density at radius 3 is 2.50 bits per heavy atom. The first-order valence-electron chi connectivity index (χ1n) is 8.93. The lowest BCUT2D eigenvalue weighted by atomic mass is 10.2. The second-order valence-electron chi connectivity index (χ2n) is 6.82. The van der Waals surface area contributed by atoms with Gasteiger partial charge in [-0.15, -0.1) is 0 Å². The van der Waals surface area contributed by atoms with Gasteiger partial charge < -0.3 is 9.80 Å². The molecule has 2 fully saturated rings. The van der Waals surface area contributed by atoms with Gasteiger partial charge in [0, 0.05) is 68.9 Å². The molecule has 1 aromatic heterocycles. The zero-order valence-electron chi connectivity index (χ0n) is 14.7. The zero-order chi connectivity index (χ0) is 16.9. The average Bonchev–Trinajstić information content (AvgIpc) is 2.60. The van der Waals surface area contributed by atoms with Gasteiger partial charge in [-0.25, -0.2) is 4.98 Å². The van der Waals surface area contributed by atoms with Crippen LogP contribution in [-0.4, -0.2) is 77.0 Å². The summed E-state index contributed by atoms with van der Waals surface area (Å²) in [6.45, 7) is 11.1. The monoisotopic (exact) mass is 348 g/mol. The number of aromatic nitrogens is 1. The van der Waals surface area contributed by atoms with Crippen LogP contribution in [0, 0.1) is 0 Å². The zero-order valence-corrected chi connectivity index (χ0v) is 15.5. The Morgan fingerprint density at radius 2 is 1.88 bits per heavy atom. The number of rotatable bonds is 4. The molecule has 2 unspecified atom stereocenters. The second-order valence-corrected chi connectivity index (χ2v) is 8.70. The van der Waals surface area contributed by atoms with Gasteiger partial charge in [0.25, 0.3) is 0 Å². The highest BCUT2D eigenvalue weighted by atomic mass is 32.2. The molecule has 0 aliphatic carbocycles. The fourth-order valence-corrected chi connectivity index (χ4v) is 4.86. The van der Waals surface area contributed by atoms with Gasteiger partial charge in [0.15, 0.2) is 0 Å². The Kier molecular flexibility index (Phi) is 6.00. The van der Waals surface area contributed by atoms with Crippen LogP contribution in [0.4, 0.5) is 5.82 Å². The van der Waals surface area contributed by atoms with Crippen molar-refractivity contribution in [3.63, 3.8) is 0 Å². The van der Waals surface area contributed by atoms with Crippen LogP contribution >= 0.6 is 11.8 Å². The summed E-state index contributed by atoms with van der Waals surface area (Å²) < 4.78 is 0. The number of amides is 1. The molecule has 0 spiro atoms. The highest BCUT2D eigenvalue weighted by Crippen LogP contribution is 2.25. The lowest BCUT2D eigenvalue weighted by molar-refractivity contribution is -0.131. The molecule has 0 saturated carbocycles. The van der Waals surface area contributed by atoms with Crippen LogP contribution < -0.4 is 4.90 Å². The molecule has 0 aromatic carbocycles. The molecule has 3 heterocycles. The van der Waals surface area contributed by atoms with Gasteiger partial charge in [-0.3, -0.25) is 9.69 Å². The molecule has 0 N–H and O–H groups in total. The Morgan fingerprint density at radius 1 is 1.17 bits per heavy atom. The van der Waals surface area contributed by atoms with Crippen molar-refractivity contribution in [2.75, 3.05) is 50.7 Å². The van der Waals surface area contributed by atoms with E-state index < -0.39 is 0 Å². The van der Waals surface area contributed by atoms with Crippen molar-refractivity contribution in [1.82, 2.24) is 14.8 Å². The predicted molar refractivity (Wildman–Crippen MR) is 101 cm³/mol. The highest BCUT2D eigenvalue weighted by molar-refractivity contribution is 8.00. The Bertz CT molecular complexity index is 523. The number of carbonyl (C=O) groups excluding carboxylic acids is 1. The number of hydrogen-bond donors (Lipinski definition) is 0. The summed E-state index contributed by atoms with van der Waals surface area (Å²) in [5, 5.41) is 1.11. The summed E-state index contributed by atoms with van der Waals surface area (Å²) in [7, 11) is 0. The minimum absolute atomic E-state index is 0.321. The van der Waals surface area contributed by atoms with Crippen molar-refractivity contribution in [2.45, 2.75) is 30.8 Å². The van der Waals surface area contributed by atoms with Crippen LogP contribution in [0.25, 0.3) is 0 Å². The molecule has 6 heteroatoms. The number of thioether (sulfide) groups is 1. The fraction of sp³-hybridized carbons (Fsp3) is 0.667. The Hall–Kier alpha value is -1.27. The van der Waals surface area contributed by atoms with E-state index in [-0.39, 0.29) is 0 Å². The lowest BCUT2D eigenvalue weighted by Crippen LogP contribution is -2.48. The summed E-state index contributed by atoms with van der Waals surface area (Å²) in [5.41, 5.74) is 0. The second kappa shape index (κ2) is 8.21. The molecule has 1 amide bonds. The number of piperazine rings is 1. The molecule has 2 aliphatic rings. The third-order valence-corrected chi connectivity index (χ3v) is 5.99. The number of anilines is 1. The van der Waals surface area contributed by atoms with Gasteiger partial charge in [-0.2, -0.15) is 11.8 Å². The van der Waals surface area contributed by atoms with Crippen molar-refractivity contribution in [2.24, 2.45) is 0 Å². The molecule has 2 aliphatic heterocycles. The highest BCUT2D eigenvalue weighted by Gasteiger charge is 2.26. The molecule has 0 bridgehead atoms. The summed E-state index contributed by atoms with van der Waals surface area (Å²) in [4.78, 5) is 23.7. The first kappa shape index (κ1) is 17.5. The summed E-state index contributed by atoms with van der Waals surface area (Å²) in [6.07, 6.45) is 2.49. The first-order valence-corrected chi connectivity index (χ1v) is 9.87. The minimum Gasteiger partial charge on any atom is -0.354 e. The van der Waals surface area contributed by atoms with Crippen molar-refractivity contribution in [3.8, 4) is 0 Å². The van der Waals surface area contributed by atoms with Gasteiger partial charge >= 0.3 is 0 Å². The van der Waals surface area contributed by atoms with Crippen LogP contribution in [0.2, 0.25) is 0 Å². The maximum Gasteiger partial charge on any atom is 0.223 e. The number of nitrogens with zero attached hydrogens (tertiary/aromatic N) is 4. The number of pyridine rings is 1. The molecule has 2 saturated heterocycles. The third kappa shape index (κ3) is 4.63. The lowest BCUT2D eigenvalue weighted by Gasteiger charge is -2.37. The van der Waals surface area contributed by atoms with E-state index in [1.165, 1.54) is 0 Å². The maximum atomic E-state index is 12.5. The molecule has 2 atom stereocenters. The Labute approximate surface area is 149 Å². The molecular formula is C18H28N4OS. The molecule has 0 radical (unpaired) electrons. The van der Waals surface area contributed by atoms with Crippen LogP contribution in [-0.2, 0) is 4.79 Å². The van der Waals surface area contributed by atoms with E-state index in [4.69, 9.17) is 0 Å². The van der Waals surface area contributed by atoms with Gasteiger partial charge in [0.1, 0.15) is 5.82 Å². The van der Waals surface area contributed by atoms with Gasteiger partial charge in [-0.05, 0) is 12.1 Å². The van der Waals surface area contributed by atoms with E-state index in [9.17, 15) is 4.79 Å². The summed E-state index contributed by atoms with van der Waals surface area (Å²) in [6, 6.07) is 6.05. The average molecular weight is 349 g/mol. The molecular weight excluding hydrogens is 320 g/mol. The number of hydrogen-bond acceptors (Lipinski definition) is 5. The first-order chi connectivity index (χ1) is 11.6. The molecule has 5 nitrogen and oxygen atoms in total. The van der Waals surface area contributed by atoms with Gasteiger partial charge in [-0.1, -0.05) is 19.9 Å². The van der Waals surface area contributed by atoms with Crippen LogP contribution in [0.5, 0.6) is 0 Å². The molecule has 3 rings (SSSR count). The van der Waals surface area contributed by atoms with Crippen LogP contribution in [0.3, 0.4) is 0 Å². The van der Waals surface area contributed by atoms with Gasteiger partial charge in [0.05, 0.1) is 0 Å². The normalized spacial score (nSPS) is 25.8. The smallest absolute Gasteiger partial charge is 0.223 e. The van der Waals surface area contributed by atoms with Crippen molar-refractivity contribution in [1.29, 1.82) is 0 Å². The summed E-state index contributed by atoms with van der Waals surface area (Å²) >= 11 is 1.99. The van der Waals surface area contributed by atoms with E-state index in [0.29, 0.717) is 22.8 Å². The van der Waals surface area contributed by atoms with E-state index in [2.05, 4.69) is 39.6 Å². The topological polar surface area (TPSA) is 39.7 Å². The molecule has 24 heavy (non-hydrogen) atoms. The third-order valence-electron chi connectivity index (χ3n) is 4.76. The van der Waals surface area contributed by atoms with Gasteiger partial charge in [0.2, 0.25) is 5.91 Å². The van der Waals surface area contributed by atoms with E-state index in [0.717, 1.165) is 51.6 Å². The largest absolute Gasteiger partial charge is 0.354 e.